The molecular weight excluding hydrogens is 261 g/mol. The van der Waals surface area contributed by atoms with E-state index in [9.17, 15) is 5.11 Å². The first-order valence-corrected chi connectivity index (χ1v) is 6.32. The van der Waals surface area contributed by atoms with Gasteiger partial charge in [0.1, 0.15) is 0 Å². The van der Waals surface area contributed by atoms with Crippen molar-refractivity contribution in [3.05, 3.63) is 33.8 Å². The van der Waals surface area contributed by atoms with Crippen LogP contribution < -0.4 is 5.32 Å². The van der Waals surface area contributed by atoms with Crippen LogP contribution in [0.15, 0.2) is 18.2 Å². The van der Waals surface area contributed by atoms with E-state index in [2.05, 4.69) is 5.32 Å². The summed E-state index contributed by atoms with van der Waals surface area (Å²) in [7, 11) is 0. The standard InChI is InChI=1S/C12H17Cl2NO2/c1-2-17-6-5-15-8-12(16)10-7-9(13)3-4-11(10)14/h3-4,7,12,15-16H,2,5-6,8H2,1H3. The van der Waals surface area contributed by atoms with Gasteiger partial charge in [-0.25, -0.2) is 0 Å². The van der Waals surface area contributed by atoms with Crippen LogP contribution in [0.3, 0.4) is 0 Å². The minimum Gasteiger partial charge on any atom is -0.387 e. The van der Waals surface area contributed by atoms with Gasteiger partial charge in [-0.2, -0.15) is 0 Å². The van der Waals surface area contributed by atoms with Crippen LogP contribution in [-0.2, 0) is 4.74 Å². The van der Waals surface area contributed by atoms with Crippen LogP contribution in [0.25, 0.3) is 0 Å². The van der Waals surface area contributed by atoms with Crippen molar-refractivity contribution in [3.8, 4) is 0 Å². The average molecular weight is 278 g/mol. The van der Waals surface area contributed by atoms with Crippen molar-refractivity contribution < 1.29 is 9.84 Å². The summed E-state index contributed by atoms with van der Waals surface area (Å²) in [5.74, 6) is 0. The van der Waals surface area contributed by atoms with Crippen LogP contribution in [0.2, 0.25) is 10.0 Å². The third-order valence-corrected chi connectivity index (χ3v) is 2.86. The molecule has 1 unspecified atom stereocenters. The molecule has 0 heterocycles. The van der Waals surface area contributed by atoms with Gasteiger partial charge in [-0.15, -0.1) is 0 Å². The van der Waals surface area contributed by atoms with Gasteiger partial charge in [0.25, 0.3) is 0 Å². The van der Waals surface area contributed by atoms with Crippen molar-refractivity contribution in [1.29, 1.82) is 0 Å². The van der Waals surface area contributed by atoms with E-state index >= 15 is 0 Å². The molecule has 1 atom stereocenters. The van der Waals surface area contributed by atoms with Crippen molar-refractivity contribution >= 4 is 23.2 Å². The van der Waals surface area contributed by atoms with E-state index in [1.54, 1.807) is 18.2 Å². The SMILES string of the molecule is CCOCCNCC(O)c1cc(Cl)ccc1Cl. The molecule has 2 N–H and O–H groups in total. The van der Waals surface area contributed by atoms with Crippen LogP contribution in [-0.4, -0.2) is 31.4 Å². The summed E-state index contributed by atoms with van der Waals surface area (Å²) in [6.07, 6.45) is -0.664. The number of aliphatic hydroxyl groups is 1. The fourth-order valence-electron chi connectivity index (χ4n) is 1.41. The highest BCUT2D eigenvalue weighted by molar-refractivity contribution is 6.33. The first-order valence-electron chi connectivity index (χ1n) is 5.56. The van der Waals surface area contributed by atoms with Gasteiger partial charge in [0.2, 0.25) is 0 Å². The molecule has 0 aliphatic heterocycles. The Morgan fingerprint density at radius 1 is 1.41 bits per heavy atom. The first-order chi connectivity index (χ1) is 8.15. The lowest BCUT2D eigenvalue weighted by atomic mass is 10.1. The quantitative estimate of drug-likeness (QED) is 0.753. The zero-order chi connectivity index (χ0) is 12.7. The molecule has 17 heavy (non-hydrogen) atoms. The Hall–Kier alpha value is -0.320. The fraction of sp³-hybridized carbons (Fsp3) is 0.500. The van der Waals surface area contributed by atoms with Crippen LogP contribution in [0, 0.1) is 0 Å². The monoisotopic (exact) mass is 277 g/mol. The third-order valence-electron chi connectivity index (χ3n) is 2.28. The second-order valence-corrected chi connectivity index (χ2v) is 4.43. The van der Waals surface area contributed by atoms with Crippen molar-refractivity contribution in [2.75, 3.05) is 26.3 Å². The summed E-state index contributed by atoms with van der Waals surface area (Å²) < 4.78 is 5.17. The zero-order valence-corrected chi connectivity index (χ0v) is 11.3. The molecule has 0 aliphatic rings. The second-order valence-electron chi connectivity index (χ2n) is 3.58. The number of rotatable bonds is 7. The highest BCUT2D eigenvalue weighted by Crippen LogP contribution is 2.25. The molecule has 1 aromatic carbocycles. The van der Waals surface area contributed by atoms with Gasteiger partial charge >= 0.3 is 0 Å². The molecule has 96 valence electrons. The highest BCUT2D eigenvalue weighted by atomic mass is 35.5. The topological polar surface area (TPSA) is 41.5 Å². The van der Waals surface area contributed by atoms with Gasteiger partial charge in [-0.1, -0.05) is 23.2 Å². The molecule has 1 aromatic rings. The average Bonchev–Trinajstić information content (AvgIpc) is 2.32. The van der Waals surface area contributed by atoms with Gasteiger partial charge in [0, 0.05) is 35.3 Å². The van der Waals surface area contributed by atoms with E-state index in [0.29, 0.717) is 41.9 Å². The lowest BCUT2D eigenvalue weighted by Gasteiger charge is -2.14. The van der Waals surface area contributed by atoms with Crippen LogP contribution in [0.1, 0.15) is 18.6 Å². The molecule has 0 bridgehead atoms. The molecule has 0 aromatic heterocycles. The Kier molecular flexibility index (Phi) is 6.85. The summed E-state index contributed by atoms with van der Waals surface area (Å²) in [4.78, 5) is 0. The third kappa shape index (κ3) is 5.23. The molecule has 0 saturated heterocycles. The van der Waals surface area contributed by atoms with Crippen molar-refractivity contribution in [1.82, 2.24) is 5.32 Å². The molecule has 0 aliphatic carbocycles. The minimum absolute atomic E-state index is 0.424. The Balaban J connectivity index is 2.41. The van der Waals surface area contributed by atoms with E-state index in [4.69, 9.17) is 27.9 Å². The normalized spacial score (nSPS) is 12.7. The maximum absolute atomic E-state index is 9.94. The molecule has 0 saturated carbocycles. The predicted octanol–water partition coefficient (Wildman–Crippen LogP) is 2.65. The summed E-state index contributed by atoms with van der Waals surface area (Å²) in [5, 5.41) is 14.1. The molecular formula is C12H17Cl2NO2. The number of halogens is 2. The van der Waals surface area contributed by atoms with Crippen molar-refractivity contribution in [2.45, 2.75) is 13.0 Å². The predicted molar refractivity (Wildman–Crippen MR) is 70.8 cm³/mol. The molecule has 0 spiro atoms. The molecule has 0 fully saturated rings. The lowest BCUT2D eigenvalue weighted by molar-refractivity contribution is 0.138. The van der Waals surface area contributed by atoms with E-state index in [0.717, 1.165) is 0 Å². The van der Waals surface area contributed by atoms with Gasteiger partial charge in [-0.3, -0.25) is 0 Å². The van der Waals surface area contributed by atoms with Crippen LogP contribution >= 0.6 is 23.2 Å². The highest BCUT2D eigenvalue weighted by Gasteiger charge is 2.11. The summed E-state index contributed by atoms with van der Waals surface area (Å²) in [5.41, 5.74) is 0.642. The number of benzene rings is 1. The minimum atomic E-state index is -0.664. The van der Waals surface area contributed by atoms with Gasteiger partial charge in [0.05, 0.1) is 12.7 Å². The number of aliphatic hydroxyl groups excluding tert-OH is 1. The number of hydrogen-bond acceptors (Lipinski definition) is 3. The lowest BCUT2D eigenvalue weighted by Crippen LogP contribution is -2.25. The van der Waals surface area contributed by atoms with E-state index in [1.807, 2.05) is 6.92 Å². The molecule has 3 nitrogen and oxygen atoms in total. The second kappa shape index (κ2) is 7.90. The molecule has 5 heteroatoms. The maximum Gasteiger partial charge on any atom is 0.0929 e. The molecule has 1 rings (SSSR count). The number of nitrogens with one attached hydrogen (secondary N) is 1. The van der Waals surface area contributed by atoms with E-state index < -0.39 is 6.10 Å². The van der Waals surface area contributed by atoms with Crippen molar-refractivity contribution in [2.24, 2.45) is 0 Å². The number of hydrogen-bond donors (Lipinski definition) is 2. The maximum atomic E-state index is 9.94. The Labute approximate surface area is 112 Å². The van der Waals surface area contributed by atoms with Gasteiger partial charge < -0.3 is 15.2 Å². The van der Waals surface area contributed by atoms with Crippen LogP contribution in [0.4, 0.5) is 0 Å². The number of ether oxygens (including phenoxy) is 1. The Bertz CT molecular complexity index is 347. The largest absolute Gasteiger partial charge is 0.387 e. The summed E-state index contributed by atoms with van der Waals surface area (Å²) in [6.45, 7) is 4.40. The molecule has 0 radical (unpaired) electrons. The van der Waals surface area contributed by atoms with E-state index in [-0.39, 0.29) is 0 Å². The smallest absolute Gasteiger partial charge is 0.0929 e. The van der Waals surface area contributed by atoms with Crippen molar-refractivity contribution in [3.63, 3.8) is 0 Å². The van der Waals surface area contributed by atoms with Gasteiger partial charge in [0.15, 0.2) is 0 Å². The summed E-state index contributed by atoms with van der Waals surface area (Å²) in [6, 6.07) is 5.06. The Morgan fingerprint density at radius 3 is 2.88 bits per heavy atom. The zero-order valence-electron chi connectivity index (χ0n) is 9.75. The van der Waals surface area contributed by atoms with Gasteiger partial charge in [-0.05, 0) is 25.1 Å². The summed E-state index contributed by atoms with van der Waals surface area (Å²) >= 11 is 11.8. The fourth-order valence-corrected chi connectivity index (χ4v) is 1.83. The van der Waals surface area contributed by atoms with Crippen LogP contribution in [0.5, 0.6) is 0 Å². The Morgan fingerprint density at radius 2 is 2.18 bits per heavy atom. The first kappa shape index (κ1) is 14.7. The van der Waals surface area contributed by atoms with E-state index in [1.165, 1.54) is 0 Å². The molecule has 0 amide bonds.